The van der Waals surface area contributed by atoms with Crippen LogP contribution < -0.4 is 0 Å². The summed E-state index contributed by atoms with van der Waals surface area (Å²) in [6, 6.07) is 30.6. The number of aliphatic carboxylic acids is 2. The van der Waals surface area contributed by atoms with E-state index < -0.39 is 23.0 Å². The normalized spacial score (nSPS) is 19.9. The van der Waals surface area contributed by atoms with E-state index in [1.54, 1.807) is 0 Å². The number of carbonyl (C=O) groups excluding carboxylic acids is 1. The molecule has 0 saturated carbocycles. The van der Waals surface area contributed by atoms with E-state index in [-0.39, 0.29) is 11.8 Å². The van der Waals surface area contributed by atoms with Crippen molar-refractivity contribution in [3.63, 3.8) is 0 Å². The minimum Gasteiger partial charge on any atom is -0.478 e. The molecule has 3 aromatic rings. The predicted octanol–water partition coefficient (Wildman–Crippen LogP) is 3.76. The monoisotopic (exact) mass is 556 g/mol. The summed E-state index contributed by atoms with van der Waals surface area (Å²) in [7, 11) is 1.92. The van der Waals surface area contributed by atoms with E-state index in [0.717, 1.165) is 42.9 Å². The molecule has 2 aliphatic rings. The van der Waals surface area contributed by atoms with Crippen molar-refractivity contribution in [3.05, 3.63) is 120 Å². The number of likely N-dealkylation sites (tertiary alicyclic amines) is 2. The Morgan fingerprint density at radius 1 is 0.780 bits per heavy atom. The zero-order valence-corrected chi connectivity index (χ0v) is 23.1. The van der Waals surface area contributed by atoms with E-state index in [2.05, 4.69) is 29.2 Å². The second-order valence-corrected chi connectivity index (χ2v) is 10.6. The molecule has 2 aliphatic heterocycles. The summed E-state index contributed by atoms with van der Waals surface area (Å²) < 4.78 is 0. The number of carboxylic acids is 2. The van der Waals surface area contributed by atoms with Gasteiger partial charge in [-0.25, -0.2) is 9.59 Å². The standard InChI is InChI=1S/C29H32N2O2.C4H4O4/c1-30-21-26(22-31-19-17-28(33,18-20-31)23-11-5-2-6-12-23)29(27(30)32,24-13-7-3-8-14-24)25-15-9-4-10-16-25;5-3(6)1-2-4(7)8/h2-16,26,33H,17-22H2,1H3;1-2H,(H,5,6)(H,7,8)/b;2-1+. The lowest BCUT2D eigenvalue weighted by atomic mass is 9.67. The van der Waals surface area contributed by atoms with Gasteiger partial charge in [0, 0.05) is 51.3 Å². The molecule has 3 aromatic carbocycles. The maximum Gasteiger partial charge on any atom is 0.328 e. The van der Waals surface area contributed by atoms with Gasteiger partial charge < -0.3 is 25.1 Å². The zero-order chi connectivity index (χ0) is 29.5. The predicted molar refractivity (Wildman–Crippen MR) is 155 cm³/mol. The van der Waals surface area contributed by atoms with Crippen molar-refractivity contribution in [2.45, 2.75) is 23.9 Å². The van der Waals surface area contributed by atoms with Gasteiger partial charge in [-0.3, -0.25) is 4.79 Å². The maximum atomic E-state index is 13.8. The highest BCUT2D eigenvalue weighted by Crippen LogP contribution is 2.46. The molecule has 0 radical (unpaired) electrons. The zero-order valence-electron chi connectivity index (χ0n) is 23.1. The van der Waals surface area contributed by atoms with E-state index >= 15 is 0 Å². The largest absolute Gasteiger partial charge is 0.478 e. The van der Waals surface area contributed by atoms with Crippen LogP contribution in [0.25, 0.3) is 0 Å². The molecule has 0 aromatic heterocycles. The van der Waals surface area contributed by atoms with Crippen LogP contribution in [-0.4, -0.2) is 76.2 Å². The third kappa shape index (κ3) is 6.56. The summed E-state index contributed by atoms with van der Waals surface area (Å²) in [5.74, 6) is -2.22. The lowest BCUT2D eigenvalue weighted by Gasteiger charge is -2.42. The molecular formula is C33H36N2O6. The number of rotatable bonds is 7. The summed E-state index contributed by atoms with van der Waals surface area (Å²) in [6.45, 7) is 3.19. The van der Waals surface area contributed by atoms with Gasteiger partial charge in [0.25, 0.3) is 0 Å². The van der Waals surface area contributed by atoms with E-state index in [9.17, 15) is 19.5 Å². The number of benzene rings is 3. The Balaban J connectivity index is 0.000000426. The topological polar surface area (TPSA) is 118 Å². The summed E-state index contributed by atoms with van der Waals surface area (Å²) in [4.78, 5) is 37.3. The van der Waals surface area contributed by atoms with Gasteiger partial charge in [0.15, 0.2) is 0 Å². The summed E-state index contributed by atoms with van der Waals surface area (Å²) >= 11 is 0. The number of carboxylic acid groups (broad SMARTS) is 2. The van der Waals surface area contributed by atoms with Gasteiger partial charge in [-0.2, -0.15) is 0 Å². The molecule has 8 nitrogen and oxygen atoms in total. The van der Waals surface area contributed by atoms with Gasteiger partial charge in [0.2, 0.25) is 5.91 Å². The van der Waals surface area contributed by atoms with E-state index in [1.807, 2.05) is 78.7 Å². The Hall–Kier alpha value is -4.27. The number of hydrogen-bond donors (Lipinski definition) is 3. The molecule has 1 amide bonds. The molecule has 2 heterocycles. The van der Waals surface area contributed by atoms with Crippen molar-refractivity contribution in [1.29, 1.82) is 0 Å². The SMILES string of the molecule is CN1CC(CN2CCC(O)(c3ccccc3)CC2)C(c2ccccc2)(c2ccccc2)C1=O.O=C(O)/C=C/C(=O)O. The van der Waals surface area contributed by atoms with Crippen LogP contribution in [0.3, 0.4) is 0 Å². The van der Waals surface area contributed by atoms with Crippen LogP contribution in [0.5, 0.6) is 0 Å². The first-order valence-electron chi connectivity index (χ1n) is 13.7. The number of piperidine rings is 1. The van der Waals surface area contributed by atoms with Gasteiger partial charge in [0.1, 0.15) is 5.41 Å². The Kier molecular flexibility index (Phi) is 9.37. The minimum atomic E-state index is -1.26. The van der Waals surface area contributed by atoms with Crippen LogP contribution in [0.15, 0.2) is 103 Å². The van der Waals surface area contributed by atoms with Crippen LogP contribution in [0, 0.1) is 5.92 Å². The van der Waals surface area contributed by atoms with Crippen molar-refractivity contribution in [1.82, 2.24) is 9.80 Å². The van der Waals surface area contributed by atoms with Gasteiger partial charge in [-0.15, -0.1) is 0 Å². The van der Waals surface area contributed by atoms with Gasteiger partial charge in [0.05, 0.1) is 5.60 Å². The van der Waals surface area contributed by atoms with Gasteiger partial charge in [-0.1, -0.05) is 91.0 Å². The Morgan fingerprint density at radius 2 is 1.20 bits per heavy atom. The van der Waals surface area contributed by atoms with Crippen molar-refractivity contribution >= 4 is 17.8 Å². The molecule has 0 bridgehead atoms. The van der Waals surface area contributed by atoms with Crippen molar-refractivity contribution in [2.24, 2.45) is 5.92 Å². The molecule has 2 saturated heterocycles. The molecule has 41 heavy (non-hydrogen) atoms. The molecule has 0 aliphatic carbocycles. The highest BCUT2D eigenvalue weighted by atomic mass is 16.4. The molecule has 1 unspecified atom stereocenters. The summed E-state index contributed by atoms with van der Waals surface area (Å²) in [6.07, 6.45) is 2.53. The molecule has 1 atom stereocenters. The van der Waals surface area contributed by atoms with Crippen LogP contribution in [-0.2, 0) is 25.4 Å². The van der Waals surface area contributed by atoms with E-state index in [4.69, 9.17) is 10.2 Å². The van der Waals surface area contributed by atoms with E-state index in [0.29, 0.717) is 25.0 Å². The molecule has 3 N–H and O–H groups in total. The van der Waals surface area contributed by atoms with Crippen molar-refractivity contribution in [3.8, 4) is 0 Å². The van der Waals surface area contributed by atoms with Gasteiger partial charge in [-0.05, 0) is 29.5 Å². The first kappa shape index (κ1) is 29.7. The molecular weight excluding hydrogens is 520 g/mol. The average Bonchev–Trinajstić information content (AvgIpc) is 3.24. The fraction of sp³-hybridized carbons (Fsp3) is 0.303. The maximum absolute atomic E-state index is 13.8. The fourth-order valence-corrected chi connectivity index (χ4v) is 6.10. The molecule has 8 heteroatoms. The van der Waals surface area contributed by atoms with Crippen LogP contribution in [0.2, 0.25) is 0 Å². The molecule has 2 fully saturated rings. The third-order valence-electron chi connectivity index (χ3n) is 8.09. The first-order valence-corrected chi connectivity index (χ1v) is 13.7. The molecule has 214 valence electrons. The number of nitrogens with zero attached hydrogens (tertiary/aromatic N) is 2. The number of aliphatic hydroxyl groups is 1. The number of amides is 1. The lowest BCUT2D eigenvalue weighted by Crippen LogP contribution is -2.49. The highest BCUT2D eigenvalue weighted by molar-refractivity contribution is 5.94. The van der Waals surface area contributed by atoms with Gasteiger partial charge >= 0.3 is 11.9 Å². The Morgan fingerprint density at radius 3 is 1.61 bits per heavy atom. The average molecular weight is 557 g/mol. The molecule has 0 spiro atoms. The Bertz CT molecular complexity index is 1300. The van der Waals surface area contributed by atoms with Crippen LogP contribution in [0.4, 0.5) is 0 Å². The van der Waals surface area contributed by atoms with Crippen LogP contribution >= 0.6 is 0 Å². The van der Waals surface area contributed by atoms with Crippen molar-refractivity contribution in [2.75, 3.05) is 33.2 Å². The molecule has 5 rings (SSSR count). The second kappa shape index (κ2) is 12.9. The summed E-state index contributed by atoms with van der Waals surface area (Å²) in [5.41, 5.74) is 1.67. The number of hydrogen-bond acceptors (Lipinski definition) is 5. The summed E-state index contributed by atoms with van der Waals surface area (Å²) in [5, 5.41) is 26.9. The third-order valence-corrected chi connectivity index (χ3v) is 8.09. The highest BCUT2D eigenvalue weighted by Gasteiger charge is 2.55. The minimum absolute atomic E-state index is 0.128. The van der Waals surface area contributed by atoms with Crippen LogP contribution in [0.1, 0.15) is 29.5 Å². The van der Waals surface area contributed by atoms with E-state index in [1.165, 1.54) is 0 Å². The number of carbonyl (C=O) groups is 3. The Labute approximate surface area is 240 Å². The fourth-order valence-electron chi connectivity index (χ4n) is 6.10. The lowest BCUT2D eigenvalue weighted by molar-refractivity contribution is -0.134. The van der Waals surface area contributed by atoms with Crippen molar-refractivity contribution < 1.29 is 29.7 Å². The smallest absolute Gasteiger partial charge is 0.328 e. The first-order chi connectivity index (χ1) is 19.7. The number of likely N-dealkylation sites (N-methyl/N-ethyl adjacent to an activating group) is 1. The quantitative estimate of drug-likeness (QED) is 0.379. The second-order valence-electron chi connectivity index (χ2n) is 10.6.